The number of benzene rings is 1. The minimum atomic E-state index is 0.692. The summed E-state index contributed by atoms with van der Waals surface area (Å²) in [6.07, 6.45) is 4.93. The van der Waals surface area contributed by atoms with Gasteiger partial charge in [0.2, 0.25) is 0 Å². The van der Waals surface area contributed by atoms with Crippen molar-refractivity contribution in [3.63, 3.8) is 0 Å². The lowest BCUT2D eigenvalue weighted by molar-refractivity contribution is 0.260. The number of hydrogen-bond acceptors (Lipinski definition) is 3. The van der Waals surface area contributed by atoms with Gasteiger partial charge in [-0.15, -0.1) is 0 Å². The van der Waals surface area contributed by atoms with Crippen LogP contribution in [-0.2, 0) is 6.42 Å². The Bertz CT molecular complexity index is 457. The largest absolute Gasteiger partial charge is 0.370 e. The van der Waals surface area contributed by atoms with Gasteiger partial charge >= 0.3 is 0 Å². The molecule has 2 saturated heterocycles. The Labute approximate surface area is 126 Å². The zero-order valence-corrected chi connectivity index (χ0v) is 12.8. The highest BCUT2D eigenvalue weighted by Gasteiger charge is 2.30. The Balaban J connectivity index is 1.74. The number of anilines is 1. The summed E-state index contributed by atoms with van der Waals surface area (Å²) in [6.45, 7) is 5.53. The molecule has 1 aromatic carbocycles. The van der Waals surface area contributed by atoms with E-state index in [1.54, 1.807) is 0 Å². The van der Waals surface area contributed by atoms with Gasteiger partial charge in [-0.3, -0.25) is 4.90 Å². The molecule has 3 rings (SSSR count). The highest BCUT2D eigenvalue weighted by Crippen LogP contribution is 2.30. The van der Waals surface area contributed by atoms with Gasteiger partial charge in [0.05, 0.1) is 0 Å². The van der Waals surface area contributed by atoms with Crippen LogP contribution in [0.25, 0.3) is 0 Å². The van der Waals surface area contributed by atoms with Crippen LogP contribution in [0, 0.1) is 0 Å². The SMILES string of the molecule is NCCc1ccc(Cl)cc1N1CCC(N2CCCC2)C1. The maximum Gasteiger partial charge on any atom is 0.0426 e. The molecular weight excluding hydrogens is 270 g/mol. The van der Waals surface area contributed by atoms with Gasteiger partial charge in [-0.05, 0) is 63.0 Å². The molecule has 3 nitrogen and oxygen atoms in total. The molecule has 110 valence electrons. The van der Waals surface area contributed by atoms with E-state index in [0.717, 1.165) is 30.6 Å². The Hall–Kier alpha value is -0.770. The molecule has 4 heteroatoms. The van der Waals surface area contributed by atoms with E-state index < -0.39 is 0 Å². The van der Waals surface area contributed by atoms with Gasteiger partial charge in [0.1, 0.15) is 0 Å². The molecule has 2 N–H and O–H groups in total. The van der Waals surface area contributed by atoms with E-state index in [-0.39, 0.29) is 0 Å². The van der Waals surface area contributed by atoms with Gasteiger partial charge in [-0.2, -0.15) is 0 Å². The molecular formula is C16H24ClN3. The van der Waals surface area contributed by atoms with E-state index >= 15 is 0 Å². The summed E-state index contributed by atoms with van der Waals surface area (Å²) in [4.78, 5) is 5.16. The van der Waals surface area contributed by atoms with Crippen LogP contribution in [0.1, 0.15) is 24.8 Å². The molecule has 0 aliphatic carbocycles. The maximum absolute atomic E-state index is 6.19. The number of halogens is 1. The van der Waals surface area contributed by atoms with E-state index in [9.17, 15) is 0 Å². The van der Waals surface area contributed by atoms with Crippen LogP contribution >= 0.6 is 11.6 Å². The van der Waals surface area contributed by atoms with Crippen molar-refractivity contribution in [2.75, 3.05) is 37.6 Å². The van der Waals surface area contributed by atoms with Crippen molar-refractivity contribution in [1.29, 1.82) is 0 Å². The molecule has 2 fully saturated rings. The van der Waals surface area contributed by atoms with Crippen molar-refractivity contribution < 1.29 is 0 Å². The quantitative estimate of drug-likeness (QED) is 0.926. The van der Waals surface area contributed by atoms with Crippen LogP contribution in [0.3, 0.4) is 0 Å². The Morgan fingerprint density at radius 3 is 2.75 bits per heavy atom. The minimum Gasteiger partial charge on any atom is -0.370 e. The summed E-state index contributed by atoms with van der Waals surface area (Å²) >= 11 is 6.19. The first kappa shape index (κ1) is 14.2. The van der Waals surface area contributed by atoms with Gasteiger partial charge in [-0.25, -0.2) is 0 Å². The van der Waals surface area contributed by atoms with E-state index in [0.29, 0.717) is 6.54 Å². The van der Waals surface area contributed by atoms with Crippen molar-refractivity contribution in [2.24, 2.45) is 5.73 Å². The van der Waals surface area contributed by atoms with Gasteiger partial charge in [0.15, 0.2) is 0 Å². The van der Waals surface area contributed by atoms with Crippen LogP contribution in [-0.4, -0.2) is 43.7 Å². The Morgan fingerprint density at radius 2 is 2.00 bits per heavy atom. The second-order valence-electron chi connectivity index (χ2n) is 5.94. The van der Waals surface area contributed by atoms with Crippen molar-refractivity contribution in [1.82, 2.24) is 4.90 Å². The number of nitrogens with two attached hydrogens (primary N) is 1. The van der Waals surface area contributed by atoms with Crippen molar-refractivity contribution in [2.45, 2.75) is 31.7 Å². The van der Waals surface area contributed by atoms with Crippen LogP contribution in [0.2, 0.25) is 5.02 Å². The average molecular weight is 294 g/mol. The molecule has 1 aromatic rings. The fourth-order valence-corrected chi connectivity index (χ4v) is 3.73. The zero-order valence-electron chi connectivity index (χ0n) is 12.0. The molecule has 0 saturated carbocycles. The van der Waals surface area contributed by atoms with Crippen LogP contribution in [0.15, 0.2) is 18.2 Å². The van der Waals surface area contributed by atoms with Crippen molar-refractivity contribution in [3.8, 4) is 0 Å². The highest BCUT2D eigenvalue weighted by molar-refractivity contribution is 6.30. The molecule has 20 heavy (non-hydrogen) atoms. The molecule has 0 bridgehead atoms. The third-order valence-corrected chi connectivity index (χ3v) is 4.86. The van der Waals surface area contributed by atoms with Crippen LogP contribution < -0.4 is 10.6 Å². The summed E-state index contributed by atoms with van der Waals surface area (Å²) in [5, 5.41) is 0.824. The van der Waals surface area contributed by atoms with Crippen LogP contribution in [0.4, 0.5) is 5.69 Å². The standard InChI is InChI=1S/C16H24ClN3/c17-14-4-3-13(5-7-18)16(11-14)20-10-6-15(12-20)19-8-1-2-9-19/h3-4,11,15H,1-2,5-10,12,18H2. The molecule has 0 spiro atoms. The van der Waals surface area contributed by atoms with E-state index in [1.807, 2.05) is 6.07 Å². The zero-order chi connectivity index (χ0) is 13.9. The number of likely N-dealkylation sites (tertiary alicyclic amines) is 1. The topological polar surface area (TPSA) is 32.5 Å². The summed E-state index contributed by atoms with van der Waals surface area (Å²) < 4.78 is 0. The van der Waals surface area contributed by atoms with Gasteiger partial charge in [0, 0.05) is 29.8 Å². The average Bonchev–Trinajstić information content (AvgIpc) is 3.11. The monoisotopic (exact) mass is 293 g/mol. The predicted octanol–water partition coefficient (Wildman–Crippen LogP) is 2.52. The molecule has 1 unspecified atom stereocenters. The van der Waals surface area contributed by atoms with Gasteiger partial charge < -0.3 is 10.6 Å². The molecule has 2 heterocycles. The second-order valence-corrected chi connectivity index (χ2v) is 6.38. The lowest BCUT2D eigenvalue weighted by Crippen LogP contribution is -2.35. The number of hydrogen-bond donors (Lipinski definition) is 1. The first-order chi connectivity index (χ1) is 9.78. The van der Waals surface area contributed by atoms with Crippen molar-refractivity contribution in [3.05, 3.63) is 28.8 Å². The molecule has 2 aliphatic rings. The summed E-state index contributed by atoms with van der Waals surface area (Å²) in [6, 6.07) is 6.94. The lowest BCUT2D eigenvalue weighted by Gasteiger charge is -2.26. The van der Waals surface area contributed by atoms with Gasteiger partial charge in [-0.1, -0.05) is 17.7 Å². The van der Waals surface area contributed by atoms with Crippen LogP contribution in [0.5, 0.6) is 0 Å². The first-order valence-corrected chi connectivity index (χ1v) is 8.13. The Morgan fingerprint density at radius 1 is 1.20 bits per heavy atom. The maximum atomic E-state index is 6.19. The highest BCUT2D eigenvalue weighted by atomic mass is 35.5. The molecule has 0 radical (unpaired) electrons. The third-order valence-electron chi connectivity index (χ3n) is 4.62. The fraction of sp³-hybridized carbons (Fsp3) is 0.625. The Kier molecular flexibility index (Phi) is 4.49. The van der Waals surface area contributed by atoms with Gasteiger partial charge in [0.25, 0.3) is 0 Å². The van der Waals surface area contributed by atoms with E-state index in [1.165, 1.54) is 43.6 Å². The van der Waals surface area contributed by atoms with E-state index in [4.69, 9.17) is 17.3 Å². The predicted molar refractivity (Wildman–Crippen MR) is 85.6 cm³/mol. The van der Waals surface area contributed by atoms with E-state index in [2.05, 4.69) is 21.9 Å². The smallest absolute Gasteiger partial charge is 0.0426 e. The normalized spacial score (nSPS) is 23.7. The summed E-state index contributed by atoms with van der Waals surface area (Å²) in [5.74, 6) is 0. The molecule has 1 atom stereocenters. The number of nitrogens with zero attached hydrogens (tertiary/aromatic N) is 2. The minimum absolute atomic E-state index is 0.692. The second kappa shape index (κ2) is 6.33. The lowest BCUT2D eigenvalue weighted by atomic mass is 10.1. The fourth-order valence-electron chi connectivity index (χ4n) is 3.56. The number of rotatable bonds is 4. The molecule has 0 amide bonds. The molecule has 2 aliphatic heterocycles. The summed E-state index contributed by atoms with van der Waals surface area (Å²) in [5.41, 5.74) is 8.36. The summed E-state index contributed by atoms with van der Waals surface area (Å²) in [7, 11) is 0. The van der Waals surface area contributed by atoms with Crippen molar-refractivity contribution >= 4 is 17.3 Å². The first-order valence-electron chi connectivity index (χ1n) is 7.75. The molecule has 0 aromatic heterocycles. The third kappa shape index (κ3) is 2.95.